The summed E-state index contributed by atoms with van der Waals surface area (Å²) >= 11 is 0. The van der Waals surface area contributed by atoms with E-state index in [1.165, 1.54) is 83.5 Å². The van der Waals surface area contributed by atoms with Gasteiger partial charge in [0.25, 0.3) is 0 Å². The van der Waals surface area contributed by atoms with E-state index in [0.717, 1.165) is 83.5 Å². The SMILES string of the molecule is CC/C=C/C=C/C=C\C=C/C=C/CCCCCC(=O)OC(CCCCC/C=C\CCCC)CC(=O)NC(CO)C(O)CCCCCCCCCCCCCCCC. The molecule has 0 aliphatic rings. The lowest BCUT2D eigenvalue weighted by molar-refractivity contribution is -0.151. The number of esters is 1. The van der Waals surface area contributed by atoms with Gasteiger partial charge in [-0.05, 0) is 64.2 Å². The van der Waals surface area contributed by atoms with Crippen LogP contribution in [-0.4, -0.2) is 46.9 Å². The van der Waals surface area contributed by atoms with Crippen molar-refractivity contribution in [2.75, 3.05) is 6.61 Å². The molecule has 0 radical (unpaired) electrons. The number of unbranched alkanes of at least 4 members (excludes halogenated alkanes) is 21. The summed E-state index contributed by atoms with van der Waals surface area (Å²) in [5, 5.41) is 23.7. The molecule has 1 amide bonds. The second kappa shape index (κ2) is 44.4. The lowest BCUT2D eigenvalue weighted by Gasteiger charge is -2.24. The van der Waals surface area contributed by atoms with Crippen molar-refractivity contribution in [3.8, 4) is 0 Å². The highest BCUT2D eigenvalue weighted by atomic mass is 16.5. The molecule has 0 aromatic heterocycles. The molecule has 6 nitrogen and oxygen atoms in total. The number of rotatable bonds is 41. The van der Waals surface area contributed by atoms with Gasteiger partial charge in [-0.1, -0.05) is 209 Å². The minimum atomic E-state index is -0.800. The number of aliphatic hydroxyl groups excluding tert-OH is 2. The standard InChI is InChI=1S/C51H89NO5/c1-4-7-10-13-16-19-21-23-25-27-29-32-35-38-41-44-51(56)57-47(42-39-36-33-30-18-15-12-9-6-3)45-50(55)52-48(46-53)49(54)43-40-37-34-31-28-26-24-22-20-17-14-11-8-5-2/h7,10,13,15-16,18-19,21,23,25,27,29,47-49,53-54H,4-6,8-9,11-12,14,17,20,22,24,26,28,30-46H2,1-3H3,(H,52,55)/b10-7+,16-13+,18-15-,21-19-,25-23-,29-27+. The van der Waals surface area contributed by atoms with E-state index in [9.17, 15) is 19.8 Å². The van der Waals surface area contributed by atoms with Gasteiger partial charge in [-0.25, -0.2) is 0 Å². The first-order chi connectivity index (χ1) is 28.0. The predicted octanol–water partition coefficient (Wildman–Crippen LogP) is 13.8. The maximum atomic E-state index is 13.1. The summed E-state index contributed by atoms with van der Waals surface area (Å²) < 4.78 is 5.87. The zero-order valence-electron chi connectivity index (χ0n) is 37.2. The molecule has 0 saturated carbocycles. The fraction of sp³-hybridized carbons (Fsp3) is 0.725. The Kier molecular flexibility index (Phi) is 42.3. The van der Waals surface area contributed by atoms with E-state index < -0.39 is 18.2 Å². The zero-order chi connectivity index (χ0) is 41.7. The van der Waals surface area contributed by atoms with Crippen molar-refractivity contribution < 1.29 is 24.5 Å². The van der Waals surface area contributed by atoms with Crippen LogP contribution >= 0.6 is 0 Å². The van der Waals surface area contributed by atoms with Crippen LogP contribution in [0.3, 0.4) is 0 Å². The highest BCUT2D eigenvalue weighted by molar-refractivity contribution is 5.77. The van der Waals surface area contributed by atoms with Crippen LogP contribution in [0.25, 0.3) is 0 Å². The molecule has 0 aliphatic carbocycles. The van der Waals surface area contributed by atoms with Gasteiger partial charge in [0.1, 0.15) is 6.10 Å². The van der Waals surface area contributed by atoms with Crippen molar-refractivity contribution in [3.63, 3.8) is 0 Å². The summed E-state index contributed by atoms with van der Waals surface area (Å²) in [4.78, 5) is 26.0. The maximum absolute atomic E-state index is 13.1. The van der Waals surface area contributed by atoms with E-state index >= 15 is 0 Å². The summed E-state index contributed by atoms with van der Waals surface area (Å²) in [5.41, 5.74) is 0. The minimum absolute atomic E-state index is 0.0461. The lowest BCUT2D eigenvalue weighted by atomic mass is 10.0. The molecule has 6 heteroatoms. The Hall–Kier alpha value is -2.70. The van der Waals surface area contributed by atoms with Crippen LogP contribution in [0.2, 0.25) is 0 Å². The highest BCUT2D eigenvalue weighted by Crippen LogP contribution is 2.17. The van der Waals surface area contributed by atoms with Gasteiger partial charge in [0.15, 0.2) is 0 Å². The van der Waals surface area contributed by atoms with Gasteiger partial charge < -0.3 is 20.3 Å². The van der Waals surface area contributed by atoms with Crippen molar-refractivity contribution in [1.82, 2.24) is 5.32 Å². The first-order valence-electron chi connectivity index (χ1n) is 23.7. The van der Waals surface area contributed by atoms with Gasteiger partial charge in [0.2, 0.25) is 5.91 Å². The highest BCUT2D eigenvalue weighted by Gasteiger charge is 2.24. The second-order valence-corrected chi connectivity index (χ2v) is 15.9. The Morgan fingerprint density at radius 2 is 0.982 bits per heavy atom. The molecule has 0 rings (SSSR count). The molecule has 0 heterocycles. The third kappa shape index (κ3) is 39.9. The predicted molar refractivity (Wildman–Crippen MR) is 245 cm³/mol. The van der Waals surface area contributed by atoms with Gasteiger partial charge in [-0.2, -0.15) is 0 Å². The van der Waals surface area contributed by atoms with Gasteiger partial charge in [-0.3, -0.25) is 9.59 Å². The number of hydrogen-bond acceptors (Lipinski definition) is 5. The van der Waals surface area contributed by atoms with E-state index in [1.54, 1.807) is 0 Å². The molecule has 0 aliphatic heterocycles. The quantitative estimate of drug-likeness (QED) is 0.0248. The molecule has 0 fully saturated rings. The van der Waals surface area contributed by atoms with Crippen LogP contribution in [-0.2, 0) is 14.3 Å². The van der Waals surface area contributed by atoms with Crippen molar-refractivity contribution in [3.05, 3.63) is 72.9 Å². The minimum Gasteiger partial charge on any atom is -0.462 e. The third-order valence-electron chi connectivity index (χ3n) is 10.4. The molecule has 0 spiro atoms. The monoisotopic (exact) mass is 796 g/mol. The average molecular weight is 796 g/mol. The normalized spacial score (nSPS) is 14.0. The number of amides is 1. The topological polar surface area (TPSA) is 95.9 Å². The number of ether oxygens (including phenoxy) is 1. The van der Waals surface area contributed by atoms with E-state index in [1.807, 2.05) is 42.5 Å². The molecular formula is C51H89NO5. The largest absolute Gasteiger partial charge is 0.462 e. The molecule has 3 atom stereocenters. The number of aliphatic hydroxyl groups is 2. The summed E-state index contributed by atoms with van der Waals surface area (Å²) in [6.07, 6.45) is 55.3. The number of carbonyl (C=O) groups excluding carboxylic acids is 2. The Bertz CT molecular complexity index is 1070. The first-order valence-corrected chi connectivity index (χ1v) is 23.7. The first kappa shape index (κ1) is 54.3. The number of allylic oxidation sites excluding steroid dienone is 12. The van der Waals surface area contributed by atoms with E-state index in [2.05, 4.69) is 56.5 Å². The van der Waals surface area contributed by atoms with Crippen LogP contribution in [0.4, 0.5) is 0 Å². The molecule has 0 aromatic carbocycles. The molecule has 3 N–H and O–H groups in total. The Balaban J connectivity index is 4.59. The van der Waals surface area contributed by atoms with Crippen molar-refractivity contribution in [1.29, 1.82) is 0 Å². The van der Waals surface area contributed by atoms with Crippen LogP contribution in [0.5, 0.6) is 0 Å². The van der Waals surface area contributed by atoms with E-state index in [-0.39, 0.29) is 24.9 Å². The van der Waals surface area contributed by atoms with Crippen LogP contribution in [0.1, 0.15) is 213 Å². The van der Waals surface area contributed by atoms with E-state index in [4.69, 9.17) is 4.74 Å². The average Bonchev–Trinajstić information content (AvgIpc) is 3.20. The summed E-state index contributed by atoms with van der Waals surface area (Å²) in [6.45, 7) is 6.27. The molecular weight excluding hydrogens is 707 g/mol. The molecule has 3 unspecified atom stereocenters. The molecule has 0 bridgehead atoms. The van der Waals surface area contributed by atoms with Crippen molar-refractivity contribution in [2.45, 2.75) is 232 Å². The summed E-state index contributed by atoms with van der Waals surface area (Å²) in [6, 6.07) is -0.716. The number of carbonyl (C=O) groups is 2. The van der Waals surface area contributed by atoms with Crippen LogP contribution in [0.15, 0.2) is 72.9 Å². The van der Waals surface area contributed by atoms with Crippen molar-refractivity contribution >= 4 is 11.9 Å². The Morgan fingerprint density at radius 3 is 1.54 bits per heavy atom. The summed E-state index contributed by atoms with van der Waals surface area (Å²) in [7, 11) is 0. The lowest BCUT2D eigenvalue weighted by Crippen LogP contribution is -2.46. The van der Waals surface area contributed by atoms with E-state index in [0.29, 0.717) is 19.3 Å². The smallest absolute Gasteiger partial charge is 0.306 e. The Morgan fingerprint density at radius 1 is 0.526 bits per heavy atom. The van der Waals surface area contributed by atoms with Crippen LogP contribution < -0.4 is 5.32 Å². The fourth-order valence-corrected chi connectivity index (χ4v) is 6.78. The summed E-state index contributed by atoms with van der Waals surface area (Å²) in [5.74, 6) is -0.546. The van der Waals surface area contributed by atoms with Gasteiger partial charge >= 0.3 is 5.97 Å². The number of hydrogen-bond donors (Lipinski definition) is 3. The Labute approximate surface area is 351 Å². The zero-order valence-corrected chi connectivity index (χ0v) is 37.2. The molecule has 57 heavy (non-hydrogen) atoms. The van der Waals surface area contributed by atoms with Gasteiger partial charge in [-0.15, -0.1) is 0 Å². The maximum Gasteiger partial charge on any atom is 0.306 e. The van der Waals surface area contributed by atoms with Crippen LogP contribution in [0, 0.1) is 0 Å². The number of nitrogens with one attached hydrogen (secondary N) is 1. The van der Waals surface area contributed by atoms with Crippen molar-refractivity contribution in [2.24, 2.45) is 0 Å². The fourth-order valence-electron chi connectivity index (χ4n) is 6.78. The van der Waals surface area contributed by atoms with Gasteiger partial charge in [0, 0.05) is 6.42 Å². The third-order valence-corrected chi connectivity index (χ3v) is 10.4. The molecule has 0 saturated heterocycles. The molecule has 0 aromatic rings. The van der Waals surface area contributed by atoms with Gasteiger partial charge in [0.05, 0.1) is 25.2 Å². The second-order valence-electron chi connectivity index (χ2n) is 15.9. The molecule has 328 valence electrons.